The number of carbonyl (C=O) groups is 1. The van der Waals surface area contributed by atoms with Crippen LogP contribution in [0, 0.1) is 10.1 Å². The number of nitrogens with zero attached hydrogens (tertiary/aromatic N) is 2. The molecule has 2 heterocycles. The van der Waals surface area contributed by atoms with Gasteiger partial charge >= 0.3 is 6.18 Å². The Hall–Kier alpha value is -3.23. The molecule has 0 saturated carbocycles. The third kappa shape index (κ3) is 2.71. The number of ketones is 1. The summed E-state index contributed by atoms with van der Waals surface area (Å²) in [5.41, 5.74) is -1.33. The van der Waals surface area contributed by atoms with E-state index in [1.54, 1.807) is 0 Å². The maximum atomic E-state index is 12.7. The van der Waals surface area contributed by atoms with Crippen molar-refractivity contribution in [1.29, 1.82) is 0 Å². The molecule has 3 aromatic rings. The molecule has 0 bridgehead atoms. The third-order valence-electron chi connectivity index (χ3n) is 3.39. The molecule has 0 aliphatic rings. The third-order valence-corrected chi connectivity index (χ3v) is 3.39. The second kappa shape index (κ2) is 5.44. The second-order valence-electron chi connectivity index (χ2n) is 4.92. The highest BCUT2D eigenvalue weighted by Crippen LogP contribution is 2.29. The fourth-order valence-corrected chi connectivity index (χ4v) is 2.27. The van der Waals surface area contributed by atoms with E-state index in [9.17, 15) is 28.1 Å². The Bertz CT molecular complexity index is 963. The summed E-state index contributed by atoms with van der Waals surface area (Å²) in [5, 5.41) is 11.1. The Morgan fingerprint density at radius 3 is 2.62 bits per heavy atom. The first kappa shape index (κ1) is 15.7. The number of nitro benzene ring substituents is 1. The Balaban J connectivity index is 2.09. The van der Waals surface area contributed by atoms with Crippen LogP contribution in [0.5, 0.6) is 0 Å². The van der Waals surface area contributed by atoms with Gasteiger partial charge < -0.3 is 4.98 Å². The van der Waals surface area contributed by atoms with Gasteiger partial charge in [0, 0.05) is 34.8 Å². The number of halogens is 3. The van der Waals surface area contributed by atoms with Crippen LogP contribution in [-0.4, -0.2) is 20.7 Å². The first-order valence-corrected chi connectivity index (χ1v) is 6.62. The van der Waals surface area contributed by atoms with E-state index in [0.29, 0.717) is 5.52 Å². The van der Waals surface area contributed by atoms with Crippen LogP contribution in [0.25, 0.3) is 10.9 Å². The quantitative estimate of drug-likeness (QED) is 0.449. The predicted molar refractivity (Wildman–Crippen MR) is 77.6 cm³/mol. The molecule has 0 saturated heterocycles. The second-order valence-corrected chi connectivity index (χ2v) is 4.92. The Labute approximate surface area is 132 Å². The molecule has 0 unspecified atom stereocenters. The molecular formula is C15H8F3N3O3. The van der Waals surface area contributed by atoms with Crippen LogP contribution in [0.2, 0.25) is 0 Å². The van der Waals surface area contributed by atoms with Gasteiger partial charge in [0.15, 0.2) is 0 Å². The zero-order valence-corrected chi connectivity index (χ0v) is 11.8. The number of hydrogen-bond donors (Lipinski definition) is 1. The highest BCUT2D eigenvalue weighted by atomic mass is 19.4. The van der Waals surface area contributed by atoms with Crippen molar-refractivity contribution in [3.8, 4) is 0 Å². The van der Waals surface area contributed by atoms with Crippen molar-refractivity contribution in [2.45, 2.75) is 6.18 Å². The number of benzene rings is 1. The van der Waals surface area contributed by atoms with Gasteiger partial charge in [0.2, 0.25) is 5.78 Å². The number of carbonyl (C=O) groups excluding carboxylic acids is 1. The number of rotatable bonds is 3. The van der Waals surface area contributed by atoms with Gasteiger partial charge in [0.05, 0.1) is 4.92 Å². The number of nitrogens with one attached hydrogen (secondary N) is 1. The molecule has 0 fully saturated rings. The summed E-state index contributed by atoms with van der Waals surface area (Å²) < 4.78 is 38.1. The van der Waals surface area contributed by atoms with E-state index in [0.717, 1.165) is 18.2 Å². The van der Waals surface area contributed by atoms with E-state index >= 15 is 0 Å². The lowest BCUT2D eigenvalue weighted by molar-refractivity contribution is -0.384. The summed E-state index contributed by atoms with van der Waals surface area (Å²) in [5.74, 6) is -0.757. The van der Waals surface area contributed by atoms with E-state index < -0.39 is 28.3 Å². The molecule has 0 radical (unpaired) electrons. The van der Waals surface area contributed by atoms with E-state index in [4.69, 9.17) is 0 Å². The van der Waals surface area contributed by atoms with Gasteiger partial charge in [0.25, 0.3) is 5.69 Å². The first-order chi connectivity index (χ1) is 11.3. The number of aromatic nitrogens is 2. The molecule has 0 spiro atoms. The molecule has 0 aliphatic carbocycles. The minimum absolute atomic E-state index is 0.0144. The van der Waals surface area contributed by atoms with Crippen LogP contribution in [0.3, 0.4) is 0 Å². The molecule has 9 heteroatoms. The summed E-state index contributed by atoms with van der Waals surface area (Å²) in [4.78, 5) is 28.8. The van der Waals surface area contributed by atoms with Gasteiger partial charge in [0.1, 0.15) is 11.4 Å². The van der Waals surface area contributed by atoms with E-state index in [2.05, 4.69) is 9.97 Å². The standard InChI is InChI=1S/C15H8F3N3O3/c16-15(17,18)13-3-1-2-12(20-13)14(22)10-7-19-11-5-4-8(21(23)24)6-9(10)11/h1-7,19H. The minimum Gasteiger partial charge on any atom is -0.360 e. The van der Waals surface area contributed by atoms with Gasteiger partial charge in [-0.25, -0.2) is 4.98 Å². The highest BCUT2D eigenvalue weighted by molar-refractivity contribution is 6.15. The molecule has 0 atom stereocenters. The largest absolute Gasteiger partial charge is 0.433 e. The van der Waals surface area contributed by atoms with Gasteiger partial charge in [-0.1, -0.05) is 6.07 Å². The lowest BCUT2D eigenvalue weighted by atomic mass is 10.1. The molecule has 0 amide bonds. The SMILES string of the molecule is O=C(c1cccc(C(F)(F)F)n1)c1c[nH]c2ccc([N+](=O)[O-])cc12. The molecule has 1 aromatic carbocycles. The van der Waals surface area contributed by atoms with Crippen LogP contribution in [-0.2, 0) is 6.18 Å². The van der Waals surface area contributed by atoms with Crippen molar-refractivity contribution >= 4 is 22.4 Å². The summed E-state index contributed by atoms with van der Waals surface area (Å²) >= 11 is 0. The predicted octanol–water partition coefficient (Wildman–Crippen LogP) is 3.72. The topological polar surface area (TPSA) is 88.9 Å². The van der Waals surface area contributed by atoms with Gasteiger partial charge in [-0.3, -0.25) is 14.9 Å². The number of H-pyrrole nitrogens is 1. The van der Waals surface area contributed by atoms with Crippen LogP contribution in [0.1, 0.15) is 21.7 Å². The molecule has 3 rings (SSSR count). The first-order valence-electron chi connectivity index (χ1n) is 6.62. The number of aromatic amines is 1. The van der Waals surface area contributed by atoms with Crippen LogP contribution < -0.4 is 0 Å². The van der Waals surface area contributed by atoms with Gasteiger partial charge in [-0.15, -0.1) is 0 Å². The smallest absolute Gasteiger partial charge is 0.360 e. The number of pyridine rings is 1. The number of non-ortho nitro benzene ring substituents is 1. The van der Waals surface area contributed by atoms with Crippen LogP contribution >= 0.6 is 0 Å². The zero-order valence-electron chi connectivity index (χ0n) is 11.8. The number of fused-ring (bicyclic) bond motifs is 1. The van der Waals surface area contributed by atoms with E-state index in [-0.39, 0.29) is 16.6 Å². The molecule has 0 aliphatic heterocycles. The number of alkyl halides is 3. The van der Waals surface area contributed by atoms with Crippen molar-refractivity contribution in [3.05, 3.63) is 69.7 Å². The highest BCUT2D eigenvalue weighted by Gasteiger charge is 2.33. The lowest BCUT2D eigenvalue weighted by Gasteiger charge is -2.06. The Morgan fingerprint density at radius 2 is 1.96 bits per heavy atom. The van der Waals surface area contributed by atoms with E-state index in [1.807, 2.05) is 0 Å². The molecule has 1 N–H and O–H groups in total. The lowest BCUT2D eigenvalue weighted by Crippen LogP contribution is -2.12. The summed E-state index contributed by atoms with van der Waals surface area (Å²) in [6.45, 7) is 0. The molecule has 6 nitrogen and oxygen atoms in total. The van der Waals surface area contributed by atoms with Crippen molar-refractivity contribution < 1.29 is 22.9 Å². The molecule has 24 heavy (non-hydrogen) atoms. The molecular weight excluding hydrogens is 327 g/mol. The van der Waals surface area contributed by atoms with Gasteiger partial charge in [-0.05, 0) is 18.2 Å². The average molecular weight is 335 g/mol. The summed E-state index contributed by atoms with van der Waals surface area (Å²) in [6, 6.07) is 6.87. The van der Waals surface area contributed by atoms with Crippen molar-refractivity contribution in [2.75, 3.05) is 0 Å². The van der Waals surface area contributed by atoms with Crippen LogP contribution in [0.15, 0.2) is 42.6 Å². The zero-order chi connectivity index (χ0) is 17.5. The van der Waals surface area contributed by atoms with Gasteiger partial charge in [-0.2, -0.15) is 13.2 Å². The normalized spacial score (nSPS) is 11.6. The van der Waals surface area contributed by atoms with Crippen LogP contribution in [0.4, 0.5) is 18.9 Å². The van der Waals surface area contributed by atoms with Crippen molar-refractivity contribution in [2.24, 2.45) is 0 Å². The maximum Gasteiger partial charge on any atom is 0.433 e. The molecule has 122 valence electrons. The Morgan fingerprint density at radius 1 is 1.21 bits per heavy atom. The van der Waals surface area contributed by atoms with E-state index in [1.165, 1.54) is 24.4 Å². The minimum atomic E-state index is -4.67. The fraction of sp³-hybridized carbons (Fsp3) is 0.0667. The number of hydrogen-bond acceptors (Lipinski definition) is 4. The number of nitro groups is 1. The monoisotopic (exact) mass is 335 g/mol. The summed E-state index contributed by atoms with van der Waals surface area (Å²) in [7, 11) is 0. The maximum absolute atomic E-state index is 12.7. The van der Waals surface area contributed by atoms with Crippen molar-refractivity contribution in [1.82, 2.24) is 9.97 Å². The molecule has 2 aromatic heterocycles. The Kier molecular flexibility index (Phi) is 3.55. The summed E-state index contributed by atoms with van der Waals surface area (Å²) in [6.07, 6.45) is -3.38. The fourth-order valence-electron chi connectivity index (χ4n) is 2.27. The van der Waals surface area contributed by atoms with Crippen molar-refractivity contribution in [3.63, 3.8) is 0 Å². The average Bonchev–Trinajstić information content (AvgIpc) is 2.96.